The maximum absolute atomic E-state index is 13.2. The van der Waals surface area contributed by atoms with Gasteiger partial charge in [0, 0.05) is 18.8 Å². The van der Waals surface area contributed by atoms with Crippen LogP contribution in [0.25, 0.3) is 0 Å². The van der Waals surface area contributed by atoms with E-state index in [1.165, 1.54) is 0 Å². The monoisotopic (exact) mass is 379 g/mol. The van der Waals surface area contributed by atoms with Gasteiger partial charge in [-0.2, -0.15) is 0 Å². The standard InChI is InChI=1S/C23H29N3O2/c1-3-18-11-7-8-14-20(18)24-21(27)17-25(2)22(19-12-5-4-6-13-19)23(28)26-15-9-10-16-26/h4-8,11-14,22H,3,9-10,15-17H2,1-2H3,(H,24,27)/t22-/m0/s1. The van der Waals surface area contributed by atoms with Gasteiger partial charge in [-0.3, -0.25) is 14.5 Å². The normalized spacial score (nSPS) is 14.9. The van der Waals surface area contributed by atoms with E-state index in [0.29, 0.717) is 0 Å². The van der Waals surface area contributed by atoms with Gasteiger partial charge in [-0.15, -0.1) is 0 Å². The zero-order valence-electron chi connectivity index (χ0n) is 16.7. The van der Waals surface area contributed by atoms with Crippen LogP contribution in [-0.4, -0.2) is 48.3 Å². The molecule has 2 aromatic rings. The van der Waals surface area contributed by atoms with E-state index in [1.807, 2.05) is 71.4 Å². The van der Waals surface area contributed by atoms with Gasteiger partial charge >= 0.3 is 0 Å². The third-order valence-electron chi connectivity index (χ3n) is 5.27. The molecule has 0 radical (unpaired) electrons. The van der Waals surface area contributed by atoms with Crippen molar-refractivity contribution in [2.45, 2.75) is 32.2 Å². The number of rotatable bonds is 7. The SMILES string of the molecule is CCc1ccccc1NC(=O)CN(C)[C@H](C(=O)N1CCCC1)c1ccccc1. The first-order chi connectivity index (χ1) is 13.6. The number of likely N-dealkylation sites (N-methyl/N-ethyl adjacent to an activating group) is 1. The van der Waals surface area contributed by atoms with Crippen LogP contribution in [0, 0.1) is 0 Å². The smallest absolute Gasteiger partial charge is 0.244 e. The quantitative estimate of drug-likeness (QED) is 0.801. The second-order valence-electron chi connectivity index (χ2n) is 7.32. The summed E-state index contributed by atoms with van der Waals surface area (Å²) in [5.41, 5.74) is 2.86. The molecule has 0 unspecified atom stereocenters. The van der Waals surface area contributed by atoms with E-state index in [1.54, 1.807) is 0 Å². The molecular weight excluding hydrogens is 350 g/mol. The second-order valence-corrected chi connectivity index (χ2v) is 7.32. The molecule has 1 heterocycles. The van der Waals surface area contributed by atoms with Gasteiger partial charge in [0.05, 0.1) is 6.54 Å². The number of hydrogen-bond donors (Lipinski definition) is 1. The maximum Gasteiger partial charge on any atom is 0.244 e. The molecule has 1 saturated heterocycles. The Hall–Kier alpha value is -2.66. The minimum absolute atomic E-state index is 0.0768. The van der Waals surface area contributed by atoms with E-state index in [9.17, 15) is 9.59 Å². The number of para-hydroxylation sites is 1. The van der Waals surface area contributed by atoms with Crippen LogP contribution >= 0.6 is 0 Å². The van der Waals surface area contributed by atoms with Crippen LogP contribution in [0.15, 0.2) is 54.6 Å². The molecule has 0 spiro atoms. The van der Waals surface area contributed by atoms with Gasteiger partial charge in [0.25, 0.3) is 0 Å². The molecule has 0 aliphatic carbocycles. The molecule has 3 rings (SSSR count). The van der Waals surface area contributed by atoms with Crippen molar-refractivity contribution in [2.75, 3.05) is 32.0 Å². The van der Waals surface area contributed by atoms with E-state index in [-0.39, 0.29) is 18.4 Å². The first kappa shape index (κ1) is 20.1. The van der Waals surface area contributed by atoms with Crippen molar-refractivity contribution >= 4 is 17.5 Å². The number of benzene rings is 2. The lowest BCUT2D eigenvalue weighted by Gasteiger charge is -2.30. The summed E-state index contributed by atoms with van der Waals surface area (Å²) in [6.07, 6.45) is 2.95. The summed E-state index contributed by atoms with van der Waals surface area (Å²) in [5, 5.41) is 3.00. The average molecular weight is 380 g/mol. The van der Waals surface area contributed by atoms with Gasteiger partial charge in [0.15, 0.2) is 0 Å². The predicted molar refractivity (Wildman–Crippen MR) is 112 cm³/mol. The Labute approximate surface area is 167 Å². The van der Waals surface area contributed by atoms with E-state index in [2.05, 4.69) is 12.2 Å². The molecule has 1 atom stereocenters. The van der Waals surface area contributed by atoms with Gasteiger partial charge < -0.3 is 10.2 Å². The average Bonchev–Trinajstić information content (AvgIpc) is 3.24. The summed E-state index contributed by atoms with van der Waals surface area (Å²) in [5.74, 6) is -0.0356. The Morgan fingerprint density at radius 1 is 1.04 bits per heavy atom. The second kappa shape index (κ2) is 9.51. The third kappa shape index (κ3) is 4.78. The minimum atomic E-state index is -0.452. The molecule has 5 heteroatoms. The lowest BCUT2D eigenvalue weighted by molar-refractivity contribution is -0.136. The van der Waals surface area contributed by atoms with Gasteiger partial charge in [0.2, 0.25) is 11.8 Å². The van der Waals surface area contributed by atoms with Gasteiger partial charge in [0.1, 0.15) is 6.04 Å². The summed E-state index contributed by atoms with van der Waals surface area (Å²) < 4.78 is 0. The Morgan fingerprint density at radius 3 is 2.36 bits per heavy atom. The fourth-order valence-electron chi connectivity index (χ4n) is 3.79. The minimum Gasteiger partial charge on any atom is -0.341 e. The van der Waals surface area contributed by atoms with Crippen molar-refractivity contribution in [3.05, 3.63) is 65.7 Å². The van der Waals surface area contributed by atoms with Gasteiger partial charge in [-0.25, -0.2) is 0 Å². The summed E-state index contributed by atoms with van der Waals surface area (Å²) in [7, 11) is 1.84. The molecule has 2 amide bonds. The molecule has 1 aliphatic rings. The van der Waals surface area contributed by atoms with Crippen molar-refractivity contribution in [1.82, 2.24) is 9.80 Å². The van der Waals surface area contributed by atoms with E-state index < -0.39 is 6.04 Å². The Bertz CT molecular complexity index is 801. The largest absolute Gasteiger partial charge is 0.341 e. The Balaban J connectivity index is 1.74. The molecule has 0 bridgehead atoms. The number of carbonyl (C=O) groups excluding carboxylic acids is 2. The fraction of sp³-hybridized carbons (Fsp3) is 0.391. The fourth-order valence-corrected chi connectivity index (χ4v) is 3.79. The number of carbonyl (C=O) groups is 2. The number of likely N-dealkylation sites (tertiary alicyclic amines) is 1. The molecule has 148 valence electrons. The summed E-state index contributed by atoms with van der Waals surface area (Å²) in [4.78, 5) is 29.6. The van der Waals surface area contributed by atoms with Crippen LogP contribution in [-0.2, 0) is 16.0 Å². The number of aryl methyl sites for hydroxylation is 1. The Morgan fingerprint density at radius 2 is 1.68 bits per heavy atom. The molecule has 0 saturated carbocycles. The molecule has 5 nitrogen and oxygen atoms in total. The number of amides is 2. The van der Waals surface area contributed by atoms with Crippen molar-refractivity contribution in [2.24, 2.45) is 0 Å². The van der Waals surface area contributed by atoms with E-state index in [4.69, 9.17) is 0 Å². The lowest BCUT2D eigenvalue weighted by atomic mass is 10.0. The van der Waals surface area contributed by atoms with Crippen LogP contribution < -0.4 is 5.32 Å². The van der Waals surface area contributed by atoms with E-state index in [0.717, 1.165) is 49.2 Å². The number of nitrogens with one attached hydrogen (secondary N) is 1. The molecule has 2 aromatic carbocycles. The van der Waals surface area contributed by atoms with Crippen LogP contribution in [0.2, 0.25) is 0 Å². The summed E-state index contributed by atoms with van der Waals surface area (Å²) in [6.45, 7) is 3.81. The van der Waals surface area contributed by atoms with Gasteiger partial charge in [-0.1, -0.05) is 55.5 Å². The van der Waals surface area contributed by atoms with Crippen LogP contribution in [0.5, 0.6) is 0 Å². The first-order valence-electron chi connectivity index (χ1n) is 10.0. The molecule has 0 aromatic heterocycles. The van der Waals surface area contributed by atoms with E-state index >= 15 is 0 Å². The molecule has 1 aliphatic heterocycles. The third-order valence-corrected chi connectivity index (χ3v) is 5.27. The topological polar surface area (TPSA) is 52.7 Å². The number of hydrogen-bond acceptors (Lipinski definition) is 3. The maximum atomic E-state index is 13.2. The zero-order chi connectivity index (χ0) is 19.9. The highest BCUT2D eigenvalue weighted by molar-refractivity contribution is 5.93. The summed E-state index contributed by atoms with van der Waals surface area (Å²) >= 11 is 0. The van der Waals surface area contributed by atoms with Crippen LogP contribution in [0.1, 0.15) is 36.9 Å². The van der Waals surface area contributed by atoms with Crippen molar-refractivity contribution in [1.29, 1.82) is 0 Å². The zero-order valence-corrected chi connectivity index (χ0v) is 16.7. The molecule has 1 fully saturated rings. The molecular formula is C23H29N3O2. The highest BCUT2D eigenvalue weighted by atomic mass is 16.2. The molecule has 1 N–H and O–H groups in total. The van der Waals surface area contributed by atoms with Crippen molar-refractivity contribution < 1.29 is 9.59 Å². The molecule has 28 heavy (non-hydrogen) atoms. The summed E-state index contributed by atoms with van der Waals surface area (Å²) in [6, 6.07) is 17.1. The highest BCUT2D eigenvalue weighted by Gasteiger charge is 2.31. The van der Waals surface area contributed by atoms with Gasteiger partial charge in [-0.05, 0) is 43.5 Å². The van der Waals surface area contributed by atoms with Crippen LogP contribution in [0.3, 0.4) is 0 Å². The number of anilines is 1. The van der Waals surface area contributed by atoms with Crippen molar-refractivity contribution in [3.8, 4) is 0 Å². The number of nitrogens with zero attached hydrogens (tertiary/aromatic N) is 2. The first-order valence-corrected chi connectivity index (χ1v) is 10.0. The van der Waals surface area contributed by atoms with Crippen LogP contribution in [0.4, 0.5) is 5.69 Å². The Kier molecular flexibility index (Phi) is 6.82. The van der Waals surface area contributed by atoms with Crippen molar-refractivity contribution in [3.63, 3.8) is 0 Å². The predicted octanol–water partition coefficient (Wildman–Crippen LogP) is 3.48. The highest BCUT2D eigenvalue weighted by Crippen LogP contribution is 2.24. The lowest BCUT2D eigenvalue weighted by Crippen LogP contribution is -2.43.